The van der Waals surface area contributed by atoms with Crippen molar-refractivity contribution in [3.05, 3.63) is 11.6 Å². The molecule has 1 rings (SSSR count). The summed E-state index contributed by atoms with van der Waals surface area (Å²) in [6.45, 7) is 3.51. The second-order valence-electron chi connectivity index (χ2n) is 2.54. The molecule has 0 bridgehead atoms. The Morgan fingerprint density at radius 2 is 2.27 bits per heavy atom. The summed E-state index contributed by atoms with van der Waals surface area (Å²) in [6, 6.07) is 1.90. The maximum Gasteiger partial charge on any atom is 0.267 e. The van der Waals surface area contributed by atoms with Crippen molar-refractivity contribution >= 4 is 11.6 Å². The zero-order valence-electron chi connectivity index (χ0n) is 6.46. The highest BCUT2D eigenvalue weighted by Gasteiger charge is 2.22. The molecule has 0 spiro atoms. The molecule has 3 heteroatoms. The molecule has 11 heavy (non-hydrogen) atoms. The molecule has 1 aliphatic heterocycles. The van der Waals surface area contributed by atoms with Gasteiger partial charge in [0, 0.05) is 5.71 Å². The van der Waals surface area contributed by atoms with Crippen molar-refractivity contribution < 1.29 is 4.79 Å². The first-order chi connectivity index (χ1) is 5.15. The minimum atomic E-state index is -0.654. The van der Waals surface area contributed by atoms with E-state index < -0.39 is 5.92 Å². The average Bonchev–Trinajstić information content (AvgIpc) is 1.85. The Morgan fingerprint density at radius 1 is 1.64 bits per heavy atom. The van der Waals surface area contributed by atoms with Crippen LogP contribution in [0.5, 0.6) is 0 Å². The first-order valence-corrected chi connectivity index (χ1v) is 3.32. The van der Waals surface area contributed by atoms with Gasteiger partial charge in [-0.2, -0.15) is 5.26 Å². The van der Waals surface area contributed by atoms with E-state index in [0.717, 1.165) is 5.57 Å². The zero-order valence-corrected chi connectivity index (χ0v) is 6.46. The van der Waals surface area contributed by atoms with E-state index in [1.807, 2.05) is 6.07 Å². The molecule has 0 radical (unpaired) electrons. The van der Waals surface area contributed by atoms with Gasteiger partial charge in [-0.3, -0.25) is 4.79 Å². The number of carbonyl (C=O) groups excluding carboxylic acids is 1. The van der Waals surface area contributed by atoms with Crippen LogP contribution in [-0.4, -0.2) is 11.6 Å². The van der Waals surface area contributed by atoms with Gasteiger partial charge in [0.15, 0.2) is 0 Å². The van der Waals surface area contributed by atoms with E-state index in [1.54, 1.807) is 19.9 Å². The summed E-state index contributed by atoms with van der Waals surface area (Å²) in [5.41, 5.74) is 1.46. The summed E-state index contributed by atoms with van der Waals surface area (Å²) < 4.78 is 0. The van der Waals surface area contributed by atoms with E-state index in [1.165, 1.54) is 0 Å². The second-order valence-corrected chi connectivity index (χ2v) is 2.54. The molecular weight excluding hydrogens is 140 g/mol. The summed E-state index contributed by atoms with van der Waals surface area (Å²) in [5, 5.41) is 8.54. The molecule has 0 aromatic rings. The van der Waals surface area contributed by atoms with Crippen LogP contribution >= 0.6 is 0 Å². The van der Waals surface area contributed by atoms with E-state index in [2.05, 4.69) is 4.99 Å². The van der Waals surface area contributed by atoms with E-state index in [4.69, 9.17) is 5.26 Å². The fraction of sp³-hybridized carbons (Fsp3) is 0.375. The molecule has 1 amide bonds. The van der Waals surface area contributed by atoms with Crippen LogP contribution < -0.4 is 0 Å². The van der Waals surface area contributed by atoms with Crippen molar-refractivity contribution in [3.8, 4) is 6.07 Å². The number of allylic oxidation sites excluding steroid dienone is 1. The van der Waals surface area contributed by atoms with Crippen LogP contribution in [0.4, 0.5) is 0 Å². The van der Waals surface area contributed by atoms with Crippen LogP contribution in [0.1, 0.15) is 13.8 Å². The molecule has 0 aromatic heterocycles. The number of carbonyl (C=O) groups is 1. The fourth-order valence-electron chi connectivity index (χ4n) is 1.04. The van der Waals surface area contributed by atoms with Gasteiger partial charge in [-0.05, 0) is 25.5 Å². The van der Waals surface area contributed by atoms with Gasteiger partial charge in [0.05, 0.1) is 6.07 Å². The Balaban J connectivity index is 3.03. The van der Waals surface area contributed by atoms with Gasteiger partial charge >= 0.3 is 0 Å². The van der Waals surface area contributed by atoms with Crippen LogP contribution in [0.3, 0.4) is 0 Å². The molecule has 1 aliphatic rings. The van der Waals surface area contributed by atoms with Gasteiger partial charge < -0.3 is 0 Å². The first kappa shape index (κ1) is 7.67. The van der Waals surface area contributed by atoms with Crippen LogP contribution in [-0.2, 0) is 4.79 Å². The minimum absolute atomic E-state index is 0.343. The third kappa shape index (κ3) is 1.35. The lowest BCUT2D eigenvalue weighted by atomic mass is 9.98. The highest BCUT2D eigenvalue weighted by atomic mass is 16.1. The lowest BCUT2D eigenvalue weighted by Crippen LogP contribution is -2.17. The minimum Gasteiger partial charge on any atom is -0.271 e. The molecule has 0 unspecified atom stereocenters. The van der Waals surface area contributed by atoms with Crippen molar-refractivity contribution in [1.82, 2.24) is 0 Å². The van der Waals surface area contributed by atoms with Crippen molar-refractivity contribution in [2.75, 3.05) is 0 Å². The topological polar surface area (TPSA) is 53.2 Å². The highest BCUT2D eigenvalue weighted by molar-refractivity contribution is 6.06. The van der Waals surface area contributed by atoms with Gasteiger partial charge in [-0.1, -0.05) is 0 Å². The monoisotopic (exact) mass is 148 g/mol. The average molecular weight is 148 g/mol. The fourth-order valence-corrected chi connectivity index (χ4v) is 1.04. The van der Waals surface area contributed by atoms with E-state index in [9.17, 15) is 4.79 Å². The summed E-state index contributed by atoms with van der Waals surface area (Å²) in [5.74, 6) is -0.997. The molecular formula is C8H8N2O. The normalized spacial score (nSPS) is 23.7. The van der Waals surface area contributed by atoms with E-state index in [0.29, 0.717) is 5.71 Å². The summed E-state index contributed by atoms with van der Waals surface area (Å²) in [6.07, 6.45) is 1.76. The summed E-state index contributed by atoms with van der Waals surface area (Å²) >= 11 is 0. The molecule has 1 heterocycles. The zero-order chi connectivity index (χ0) is 8.43. The van der Waals surface area contributed by atoms with Gasteiger partial charge in [0.2, 0.25) is 0 Å². The predicted molar refractivity (Wildman–Crippen MR) is 41.0 cm³/mol. The second kappa shape index (κ2) is 2.67. The maximum absolute atomic E-state index is 11.0. The highest BCUT2D eigenvalue weighted by Crippen LogP contribution is 2.15. The summed E-state index contributed by atoms with van der Waals surface area (Å²) in [4.78, 5) is 14.7. The van der Waals surface area contributed by atoms with Gasteiger partial charge in [-0.15, -0.1) is 0 Å². The smallest absolute Gasteiger partial charge is 0.267 e. The van der Waals surface area contributed by atoms with Crippen molar-refractivity contribution in [2.45, 2.75) is 13.8 Å². The predicted octanol–water partition coefficient (Wildman–Crippen LogP) is 1.07. The van der Waals surface area contributed by atoms with E-state index >= 15 is 0 Å². The van der Waals surface area contributed by atoms with Crippen molar-refractivity contribution in [3.63, 3.8) is 0 Å². The number of aliphatic imine (C=N–C) groups is 1. The van der Waals surface area contributed by atoms with Crippen molar-refractivity contribution in [2.24, 2.45) is 10.9 Å². The molecule has 0 aromatic carbocycles. The van der Waals surface area contributed by atoms with Gasteiger partial charge in [-0.25, -0.2) is 4.99 Å². The number of amides is 1. The van der Waals surface area contributed by atoms with Gasteiger partial charge in [0.25, 0.3) is 5.91 Å². The summed E-state index contributed by atoms with van der Waals surface area (Å²) in [7, 11) is 0. The SMILES string of the molecule is CC1=CC(C)=NC(=O)[C@H]1C#N. The number of hydrogen-bond donors (Lipinski definition) is 0. The Bertz CT molecular complexity index is 294. The molecule has 0 fully saturated rings. The Hall–Kier alpha value is -1.43. The Kier molecular flexibility index (Phi) is 1.86. The quantitative estimate of drug-likeness (QED) is 0.516. The van der Waals surface area contributed by atoms with Crippen molar-refractivity contribution in [1.29, 1.82) is 5.26 Å². The first-order valence-electron chi connectivity index (χ1n) is 3.32. The lowest BCUT2D eigenvalue weighted by molar-refractivity contribution is -0.119. The molecule has 0 N–H and O–H groups in total. The Morgan fingerprint density at radius 3 is 2.73 bits per heavy atom. The molecule has 0 aliphatic carbocycles. The number of hydrogen-bond acceptors (Lipinski definition) is 2. The van der Waals surface area contributed by atoms with Crippen LogP contribution in [0, 0.1) is 17.2 Å². The molecule has 3 nitrogen and oxygen atoms in total. The molecule has 1 atom stereocenters. The number of nitriles is 1. The molecule has 56 valence electrons. The Labute approximate surface area is 65.0 Å². The largest absolute Gasteiger partial charge is 0.271 e. The molecule has 0 saturated carbocycles. The lowest BCUT2D eigenvalue weighted by Gasteiger charge is -2.10. The van der Waals surface area contributed by atoms with Crippen LogP contribution in [0.2, 0.25) is 0 Å². The third-order valence-corrected chi connectivity index (χ3v) is 1.55. The number of nitrogens with zero attached hydrogens (tertiary/aromatic N) is 2. The van der Waals surface area contributed by atoms with Crippen LogP contribution in [0.25, 0.3) is 0 Å². The molecule has 0 saturated heterocycles. The van der Waals surface area contributed by atoms with Gasteiger partial charge in [0.1, 0.15) is 5.92 Å². The third-order valence-electron chi connectivity index (χ3n) is 1.55. The number of dihydropyridines is 1. The standard InChI is InChI=1S/C8H8N2O/c1-5-3-6(2)10-8(11)7(5)4-9/h3,7H,1-2H3/t7-/m0/s1. The number of rotatable bonds is 0. The van der Waals surface area contributed by atoms with E-state index in [-0.39, 0.29) is 5.91 Å². The van der Waals surface area contributed by atoms with Crippen LogP contribution in [0.15, 0.2) is 16.6 Å². The maximum atomic E-state index is 11.0.